The number of nitrogens with one attached hydrogen (secondary N) is 1. The van der Waals surface area contributed by atoms with Crippen LogP contribution in [0.15, 0.2) is 23.1 Å². The molecule has 0 aliphatic carbocycles. The predicted octanol–water partition coefficient (Wildman–Crippen LogP) is 2.38. The van der Waals surface area contributed by atoms with Gasteiger partial charge in [-0.2, -0.15) is 17.5 Å². The molecule has 172 valence electrons. The molecule has 0 bridgehead atoms. The lowest BCUT2D eigenvalue weighted by atomic mass is 10.3. The van der Waals surface area contributed by atoms with Crippen molar-refractivity contribution in [2.24, 2.45) is 0 Å². The number of rotatable bonds is 9. The minimum Gasteiger partial charge on any atom is -0.385 e. The maximum Gasteiger partial charge on any atom is 0.449 e. The second-order valence-electron chi connectivity index (χ2n) is 7.29. The maximum atomic E-state index is 13.6. The lowest BCUT2D eigenvalue weighted by Gasteiger charge is -2.15. The number of imidazole rings is 1. The fourth-order valence-corrected chi connectivity index (χ4v) is 5.07. The summed E-state index contributed by atoms with van der Waals surface area (Å²) in [6.07, 6.45) is -2.82. The molecule has 1 aliphatic heterocycles. The number of sulfonamides is 1. The van der Waals surface area contributed by atoms with Crippen LogP contribution in [-0.2, 0) is 32.3 Å². The summed E-state index contributed by atoms with van der Waals surface area (Å²) in [5, 5.41) is 2.63. The number of hydrogen-bond donors (Lipinski definition) is 1. The van der Waals surface area contributed by atoms with Crippen LogP contribution >= 0.6 is 0 Å². The summed E-state index contributed by atoms with van der Waals surface area (Å²) in [4.78, 5) is 15.5. The molecular formula is C19H25F3N4O4S. The van der Waals surface area contributed by atoms with Crippen LogP contribution in [0.5, 0.6) is 0 Å². The molecule has 1 N–H and O–H groups in total. The molecule has 8 nitrogen and oxygen atoms in total. The SMILES string of the molecule is COCCCNC(=O)CCn1c(C(F)(F)F)nc2cc(S(=O)(=O)N3CCCC3)ccc21. The Kier molecular flexibility index (Phi) is 7.22. The van der Waals surface area contributed by atoms with Crippen LogP contribution < -0.4 is 5.32 Å². The highest BCUT2D eigenvalue weighted by molar-refractivity contribution is 7.89. The van der Waals surface area contributed by atoms with Crippen molar-refractivity contribution >= 4 is 27.0 Å². The summed E-state index contributed by atoms with van der Waals surface area (Å²) in [5.74, 6) is -1.55. The van der Waals surface area contributed by atoms with Gasteiger partial charge in [-0.25, -0.2) is 13.4 Å². The van der Waals surface area contributed by atoms with Crippen LogP contribution in [-0.4, -0.2) is 61.5 Å². The number of halogens is 3. The Labute approximate surface area is 178 Å². The summed E-state index contributed by atoms with van der Waals surface area (Å²) in [5.41, 5.74) is 0.0491. The lowest BCUT2D eigenvalue weighted by Crippen LogP contribution is -2.27. The number of aryl methyl sites for hydroxylation is 1. The fraction of sp³-hybridized carbons (Fsp3) is 0.579. The van der Waals surface area contributed by atoms with Gasteiger partial charge in [-0.05, 0) is 37.5 Å². The van der Waals surface area contributed by atoms with E-state index in [1.165, 1.54) is 29.6 Å². The highest BCUT2D eigenvalue weighted by Crippen LogP contribution is 2.33. The van der Waals surface area contributed by atoms with Gasteiger partial charge in [0.1, 0.15) is 0 Å². The highest BCUT2D eigenvalue weighted by Gasteiger charge is 2.38. The molecule has 2 aromatic rings. The van der Waals surface area contributed by atoms with Crippen molar-refractivity contribution in [2.45, 2.75) is 43.3 Å². The third kappa shape index (κ3) is 5.36. The maximum absolute atomic E-state index is 13.6. The minimum absolute atomic E-state index is 0.0758. The summed E-state index contributed by atoms with van der Waals surface area (Å²) >= 11 is 0. The van der Waals surface area contributed by atoms with Crippen LogP contribution in [0.2, 0.25) is 0 Å². The van der Waals surface area contributed by atoms with Gasteiger partial charge >= 0.3 is 6.18 Å². The van der Waals surface area contributed by atoms with Crippen molar-refractivity contribution in [3.8, 4) is 0 Å². The normalized spacial score (nSPS) is 15.6. The zero-order valence-electron chi connectivity index (χ0n) is 17.1. The van der Waals surface area contributed by atoms with Gasteiger partial charge in [-0.1, -0.05) is 0 Å². The number of carbonyl (C=O) groups excluding carboxylic acids is 1. The van der Waals surface area contributed by atoms with Crippen LogP contribution in [0.3, 0.4) is 0 Å². The topological polar surface area (TPSA) is 93.5 Å². The highest BCUT2D eigenvalue weighted by atomic mass is 32.2. The number of alkyl halides is 3. The van der Waals surface area contributed by atoms with Crippen LogP contribution in [0.1, 0.15) is 31.5 Å². The Morgan fingerprint density at radius 1 is 1.26 bits per heavy atom. The second kappa shape index (κ2) is 9.53. The van der Waals surface area contributed by atoms with Crippen LogP contribution in [0, 0.1) is 0 Å². The second-order valence-corrected chi connectivity index (χ2v) is 9.23. The molecule has 1 aliphatic rings. The molecule has 0 unspecified atom stereocenters. The number of aromatic nitrogens is 2. The van der Waals surface area contributed by atoms with Gasteiger partial charge < -0.3 is 14.6 Å². The van der Waals surface area contributed by atoms with E-state index in [1.807, 2.05) is 0 Å². The molecule has 1 amide bonds. The Balaban J connectivity index is 1.85. The van der Waals surface area contributed by atoms with Crippen molar-refractivity contribution in [2.75, 3.05) is 33.4 Å². The summed E-state index contributed by atoms with van der Waals surface area (Å²) in [7, 11) is -2.25. The molecule has 0 spiro atoms. The number of benzene rings is 1. The van der Waals surface area contributed by atoms with E-state index in [0.29, 0.717) is 32.7 Å². The summed E-state index contributed by atoms with van der Waals surface area (Å²) < 4.78 is 73.2. The molecule has 0 radical (unpaired) electrons. The first-order valence-electron chi connectivity index (χ1n) is 9.98. The molecule has 0 saturated carbocycles. The smallest absolute Gasteiger partial charge is 0.385 e. The zero-order chi connectivity index (χ0) is 22.6. The number of methoxy groups -OCH3 is 1. The van der Waals surface area contributed by atoms with E-state index in [1.54, 1.807) is 0 Å². The van der Waals surface area contributed by atoms with Gasteiger partial charge in [0.05, 0.1) is 15.9 Å². The first-order chi connectivity index (χ1) is 14.6. The zero-order valence-corrected chi connectivity index (χ0v) is 17.9. The third-order valence-corrected chi connectivity index (χ3v) is 6.98. The largest absolute Gasteiger partial charge is 0.449 e. The molecule has 31 heavy (non-hydrogen) atoms. The van der Waals surface area contributed by atoms with E-state index in [9.17, 15) is 26.4 Å². The van der Waals surface area contributed by atoms with Gasteiger partial charge in [0.15, 0.2) is 0 Å². The molecule has 0 atom stereocenters. The number of hydrogen-bond acceptors (Lipinski definition) is 5. The standard InChI is InChI=1S/C19H25F3N4O4S/c1-30-12-4-8-23-17(27)7-11-26-16-6-5-14(31(28,29)25-9-2-3-10-25)13-15(16)24-18(26)19(20,21)22/h5-6,13H,2-4,7-12H2,1H3,(H,23,27). The van der Waals surface area contributed by atoms with E-state index in [2.05, 4.69) is 10.3 Å². The van der Waals surface area contributed by atoms with E-state index < -0.39 is 22.0 Å². The van der Waals surface area contributed by atoms with Gasteiger partial charge in [-0.15, -0.1) is 0 Å². The first kappa shape index (κ1) is 23.5. The Bertz CT molecular complexity index is 1030. The summed E-state index contributed by atoms with van der Waals surface area (Å²) in [6.45, 7) is 1.37. The molecule has 1 aromatic heterocycles. The Morgan fingerprint density at radius 3 is 2.61 bits per heavy atom. The molecule has 3 rings (SSSR count). The molecule has 2 heterocycles. The number of carbonyl (C=O) groups is 1. The van der Waals surface area contributed by atoms with Crippen molar-refractivity contribution in [3.05, 3.63) is 24.0 Å². The fourth-order valence-electron chi connectivity index (χ4n) is 3.54. The van der Waals surface area contributed by atoms with E-state index in [-0.39, 0.29) is 34.8 Å². The molecule has 1 fully saturated rings. The van der Waals surface area contributed by atoms with Crippen molar-refractivity contribution in [1.82, 2.24) is 19.2 Å². The van der Waals surface area contributed by atoms with Crippen molar-refractivity contribution in [1.29, 1.82) is 0 Å². The molecular weight excluding hydrogens is 437 g/mol. The average Bonchev–Trinajstić information content (AvgIpc) is 3.37. The Hall–Kier alpha value is -2.18. The number of nitrogens with zero attached hydrogens (tertiary/aromatic N) is 3. The molecule has 12 heteroatoms. The van der Waals surface area contributed by atoms with Gasteiger partial charge in [-0.3, -0.25) is 4.79 Å². The summed E-state index contributed by atoms with van der Waals surface area (Å²) in [6, 6.07) is 3.77. The van der Waals surface area contributed by atoms with E-state index in [0.717, 1.165) is 17.4 Å². The van der Waals surface area contributed by atoms with Gasteiger partial charge in [0.2, 0.25) is 21.8 Å². The van der Waals surface area contributed by atoms with Crippen LogP contribution in [0.4, 0.5) is 13.2 Å². The monoisotopic (exact) mass is 462 g/mol. The van der Waals surface area contributed by atoms with Crippen LogP contribution in [0.25, 0.3) is 11.0 Å². The minimum atomic E-state index is -4.75. The molecule has 1 saturated heterocycles. The number of amides is 1. The Morgan fingerprint density at radius 2 is 1.97 bits per heavy atom. The average molecular weight is 462 g/mol. The lowest BCUT2D eigenvalue weighted by molar-refractivity contribution is -0.147. The van der Waals surface area contributed by atoms with E-state index >= 15 is 0 Å². The van der Waals surface area contributed by atoms with Gasteiger partial charge in [0.25, 0.3) is 0 Å². The quantitative estimate of drug-likeness (QED) is 0.578. The first-order valence-corrected chi connectivity index (χ1v) is 11.4. The third-order valence-electron chi connectivity index (χ3n) is 5.09. The molecule has 1 aromatic carbocycles. The van der Waals surface area contributed by atoms with Crippen molar-refractivity contribution in [3.63, 3.8) is 0 Å². The predicted molar refractivity (Wildman–Crippen MR) is 107 cm³/mol. The number of ether oxygens (including phenoxy) is 1. The van der Waals surface area contributed by atoms with Crippen molar-refractivity contribution < 1.29 is 31.1 Å². The van der Waals surface area contributed by atoms with Gasteiger partial charge in [0, 0.05) is 46.3 Å². The number of fused-ring (bicyclic) bond motifs is 1. The van der Waals surface area contributed by atoms with E-state index in [4.69, 9.17) is 4.74 Å².